The fourth-order valence-electron chi connectivity index (χ4n) is 3.73. The van der Waals surface area contributed by atoms with Gasteiger partial charge in [-0.2, -0.15) is 0 Å². The number of fused-ring (bicyclic) bond motifs is 1. The topological polar surface area (TPSA) is 52.2 Å². The summed E-state index contributed by atoms with van der Waals surface area (Å²) in [6.45, 7) is 3.26. The number of carbonyl (C=O) groups excluding carboxylic acids is 1. The molecule has 2 heterocycles. The summed E-state index contributed by atoms with van der Waals surface area (Å²) in [5.74, 6) is 0.386. The van der Waals surface area contributed by atoms with Crippen molar-refractivity contribution >= 4 is 23.2 Å². The van der Waals surface area contributed by atoms with Crippen molar-refractivity contribution in [2.75, 3.05) is 31.1 Å². The van der Waals surface area contributed by atoms with Gasteiger partial charge in [0.2, 0.25) is 5.91 Å². The third kappa shape index (κ3) is 3.00. The van der Waals surface area contributed by atoms with Crippen LogP contribution in [0.25, 0.3) is 0 Å². The summed E-state index contributed by atoms with van der Waals surface area (Å²) < 4.78 is 0. The van der Waals surface area contributed by atoms with Gasteiger partial charge >= 0.3 is 0 Å². The standard InChI is InChI=1S/C18H21ClN4O/c19-14-2-1-3-15(11-14)22-6-8-23(9-7-22)18(24)13-4-5-16-17(10-13)21-12-20-16/h1-3,11-13H,4-10H2,(H,20,21). The van der Waals surface area contributed by atoms with Crippen LogP contribution in [-0.4, -0.2) is 47.0 Å². The van der Waals surface area contributed by atoms with Crippen LogP contribution in [0.5, 0.6) is 0 Å². The number of halogens is 1. The summed E-state index contributed by atoms with van der Waals surface area (Å²) in [5, 5.41) is 0.753. The average Bonchev–Trinajstić information content (AvgIpc) is 3.09. The molecule has 1 fully saturated rings. The Morgan fingerprint density at radius 2 is 2.08 bits per heavy atom. The van der Waals surface area contributed by atoms with E-state index in [-0.39, 0.29) is 5.92 Å². The highest BCUT2D eigenvalue weighted by Crippen LogP contribution is 2.26. The fourth-order valence-corrected chi connectivity index (χ4v) is 3.91. The second-order valence-corrected chi connectivity index (χ2v) is 7.00. The van der Waals surface area contributed by atoms with Gasteiger partial charge in [-0.25, -0.2) is 4.98 Å². The smallest absolute Gasteiger partial charge is 0.226 e. The molecule has 1 atom stereocenters. The predicted molar refractivity (Wildman–Crippen MR) is 94.3 cm³/mol. The van der Waals surface area contributed by atoms with Gasteiger partial charge in [0.15, 0.2) is 0 Å². The van der Waals surface area contributed by atoms with E-state index in [0.29, 0.717) is 5.91 Å². The van der Waals surface area contributed by atoms with E-state index in [2.05, 4.69) is 20.9 Å². The molecule has 0 bridgehead atoms. The molecule has 126 valence electrons. The molecule has 5 nitrogen and oxygen atoms in total. The van der Waals surface area contributed by atoms with Crippen molar-refractivity contribution in [3.8, 4) is 0 Å². The van der Waals surface area contributed by atoms with Crippen molar-refractivity contribution in [3.05, 3.63) is 47.0 Å². The fraction of sp³-hybridized carbons (Fsp3) is 0.444. The van der Waals surface area contributed by atoms with E-state index in [9.17, 15) is 4.79 Å². The van der Waals surface area contributed by atoms with Crippen LogP contribution in [0.15, 0.2) is 30.6 Å². The number of imidazole rings is 1. The Kier molecular flexibility index (Phi) is 4.19. The summed E-state index contributed by atoms with van der Waals surface area (Å²) in [6, 6.07) is 7.92. The Balaban J connectivity index is 1.37. The van der Waals surface area contributed by atoms with Gasteiger partial charge in [0.05, 0.1) is 12.0 Å². The average molecular weight is 345 g/mol. The molecular weight excluding hydrogens is 324 g/mol. The zero-order valence-electron chi connectivity index (χ0n) is 13.5. The van der Waals surface area contributed by atoms with E-state index in [4.69, 9.17) is 11.6 Å². The zero-order chi connectivity index (χ0) is 16.5. The summed E-state index contributed by atoms with van der Waals surface area (Å²) in [4.78, 5) is 24.6. The lowest BCUT2D eigenvalue weighted by atomic mass is 9.88. The minimum Gasteiger partial charge on any atom is -0.368 e. The second-order valence-electron chi connectivity index (χ2n) is 6.56. The number of H-pyrrole nitrogens is 1. The Hall–Kier alpha value is -2.01. The number of amides is 1. The highest BCUT2D eigenvalue weighted by Gasteiger charge is 2.31. The van der Waals surface area contributed by atoms with E-state index in [1.807, 2.05) is 23.1 Å². The summed E-state index contributed by atoms with van der Waals surface area (Å²) in [7, 11) is 0. The number of aryl methyl sites for hydroxylation is 1. The molecule has 1 aliphatic heterocycles. The first-order valence-electron chi connectivity index (χ1n) is 8.51. The number of carbonyl (C=O) groups is 1. The maximum atomic E-state index is 12.8. The Labute approximate surface area is 146 Å². The molecule has 2 aromatic rings. The summed E-state index contributed by atoms with van der Waals surface area (Å²) in [5.41, 5.74) is 3.40. The van der Waals surface area contributed by atoms with Crippen molar-refractivity contribution in [1.29, 1.82) is 0 Å². The van der Waals surface area contributed by atoms with Crippen LogP contribution >= 0.6 is 11.6 Å². The number of nitrogens with one attached hydrogen (secondary N) is 1. The van der Waals surface area contributed by atoms with Gasteiger partial charge in [0.1, 0.15) is 0 Å². The van der Waals surface area contributed by atoms with Gasteiger partial charge in [0.25, 0.3) is 0 Å². The van der Waals surface area contributed by atoms with E-state index < -0.39 is 0 Å². The number of benzene rings is 1. The molecule has 24 heavy (non-hydrogen) atoms. The monoisotopic (exact) mass is 344 g/mol. The Morgan fingerprint density at radius 1 is 1.25 bits per heavy atom. The lowest BCUT2D eigenvalue weighted by Gasteiger charge is -2.38. The molecule has 0 spiro atoms. The molecule has 1 aromatic carbocycles. The van der Waals surface area contributed by atoms with Gasteiger partial charge in [-0.3, -0.25) is 4.79 Å². The zero-order valence-corrected chi connectivity index (χ0v) is 14.3. The van der Waals surface area contributed by atoms with Crippen LogP contribution in [0.4, 0.5) is 5.69 Å². The lowest BCUT2D eigenvalue weighted by Crippen LogP contribution is -2.51. The van der Waals surface area contributed by atoms with Crippen molar-refractivity contribution in [2.45, 2.75) is 19.3 Å². The molecule has 6 heteroatoms. The normalized spacial score (nSPS) is 20.8. The van der Waals surface area contributed by atoms with Crippen molar-refractivity contribution < 1.29 is 4.79 Å². The number of piperazine rings is 1. The Morgan fingerprint density at radius 3 is 2.88 bits per heavy atom. The van der Waals surface area contributed by atoms with Crippen molar-refractivity contribution in [2.24, 2.45) is 5.92 Å². The third-order valence-corrected chi connectivity index (χ3v) is 5.34. The van der Waals surface area contributed by atoms with E-state index in [0.717, 1.165) is 67.5 Å². The highest BCUT2D eigenvalue weighted by atomic mass is 35.5. The first-order valence-corrected chi connectivity index (χ1v) is 8.89. The van der Waals surface area contributed by atoms with Crippen LogP contribution < -0.4 is 4.90 Å². The number of rotatable bonds is 2. The quantitative estimate of drug-likeness (QED) is 0.910. The molecule has 1 aliphatic carbocycles. The lowest BCUT2D eigenvalue weighted by molar-refractivity contribution is -0.136. The third-order valence-electron chi connectivity index (χ3n) is 5.10. The first kappa shape index (κ1) is 15.5. The number of anilines is 1. The number of hydrogen-bond donors (Lipinski definition) is 1. The van der Waals surface area contributed by atoms with Gasteiger partial charge in [-0.1, -0.05) is 17.7 Å². The number of aromatic nitrogens is 2. The molecule has 2 aliphatic rings. The largest absolute Gasteiger partial charge is 0.368 e. The molecule has 1 amide bonds. The van der Waals surface area contributed by atoms with E-state index >= 15 is 0 Å². The molecule has 0 saturated carbocycles. The minimum atomic E-state index is 0.0932. The summed E-state index contributed by atoms with van der Waals surface area (Å²) in [6.07, 6.45) is 4.34. The van der Waals surface area contributed by atoms with Crippen molar-refractivity contribution in [1.82, 2.24) is 14.9 Å². The number of hydrogen-bond acceptors (Lipinski definition) is 3. The van der Waals surface area contributed by atoms with E-state index in [1.54, 1.807) is 6.33 Å². The molecule has 0 radical (unpaired) electrons. The summed E-state index contributed by atoms with van der Waals surface area (Å²) >= 11 is 6.08. The molecular formula is C18H21ClN4O. The maximum absolute atomic E-state index is 12.8. The maximum Gasteiger partial charge on any atom is 0.226 e. The molecule has 1 unspecified atom stereocenters. The van der Waals surface area contributed by atoms with Gasteiger partial charge in [-0.05, 0) is 31.0 Å². The van der Waals surface area contributed by atoms with Crippen LogP contribution in [-0.2, 0) is 17.6 Å². The molecule has 4 rings (SSSR count). The molecule has 1 N–H and O–H groups in total. The SMILES string of the molecule is O=C(C1CCc2nc[nH]c2C1)N1CCN(c2cccc(Cl)c2)CC1. The highest BCUT2D eigenvalue weighted by molar-refractivity contribution is 6.30. The van der Waals surface area contributed by atoms with Gasteiger partial charge in [-0.15, -0.1) is 0 Å². The predicted octanol–water partition coefficient (Wildman–Crippen LogP) is 2.52. The first-order chi connectivity index (χ1) is 11.7. The van der Waals surface area contributed by atoms with Crippen molar-refractivity contribution in [3.63, 3.8) is 0 Å². The minimum absolute atomic E-state index is 0.0932. The van der Waals surface area contributed by atoms with Crippen LogP contribution in [0.1, 0.15) is 17.8 Å². The van der Waals surface area contributed by atoms with Crippen LogP contribution in [0, 0.1) is 5.92 Å². The number of aromatic amines is 1. The molecule has 1 aromatic heterocycles. The van der Waals surface area contributed by atoms with E-state index in [1.165, 1.54) is 0 Å². The second kappa shape index (κ2) is 6.48. The Bertz CT molecular complexity index is 736. The number of nitrogens with zero attached hydrogens (tertiary/aromatic N) is 3. The van der Waals surface area contributed by atoms with Crippen LogP contribution in [0.2, 0.25) is 5.02 Å². The molecule has 1 saturated heterocycles. The van der Waals surface area contributed by atoms with Gasteiger partial charge in [0, 0.05) is 54.9 Å². The van der Waals surface area contributed by atoms with Gasteiger partial charge < -0.3 is 14.8 Å². The van der Waals surface area contributed by atoms with Crippen LogP contribution in [0.3, 0.4) is 0 Å².